The van der Waals surface area contributed by atoms with Crippen molar-refractivity contribution >= 4 is 29.1 Å². The number of nitrogens with zero attached hydrogens (tertiary/aromatic N) is 1. The van der Waals surface area contributed by atoms with Crippen molar-refractivity contribution in [3.63, 3.8) is 0 Å². The summed E-state index contributed by atoms with van der Waals surface area (Å²) in [6, 6.07) is 7.76. The van der Waals surface area contributed by atoms with Gasteiger partial charge in [-0.25, -0.2) is 4.39 Å². The zero-order valence-electron chi connectivity index (χ0n) is 15.9. The second-order valence-electron chi connectivity index (χ2n) is 7.27. The van der Waals surface area contributed by atoms with E-state index in [1.807, 2.05) is 13.8 Å². The Morgan fingerprint density at radius 2 is 2.04 bits per heavy atom. The minimum absolute atomic E-state index is 0.00119. The number of rotatable bonds is 5. The largest absolute Gasteiger partial charge is 0.394 e. The second-order valence-corrected chi connectivity index (χ2v) is 7.68. The third-order valence-electron chi connectivity index (χ3n) is 5.08. The molecule has 3 rings (SSSR count). The van der Waals surface area contributed by atoms with Crippen molar-refractivity contribution in [2.45, 2.75) is 33.4 Å². The molecule has 7 heteroatoms. The molecule has 2 aromatic rings. The van der Waals surface area contributed by atoms with Crippen LogP contribution in [-0.2, 0) is 6.54 Å². The average molecular weight is 405 g/mol. The lowest BCUT2D eigenvalue weighted by atomic mass is 10.0. The van der Waals surface area contributed by atoms with Crippen LogP contribution in [0.15, 0.2) is 30.3 Å². The lowest BCUT2D eigenvalue weighted by Gasteiger charge is -2.29. The molecule has 1 atom stereocenters. The van der Waals surface area contributed by atoms with Crippen LogP contribution in [0.1, 0.15) is 45.7 Å². The van der Waals surface area contributed by atoms with E-state index in [-0.39, 0.29) is 35.1 Å². The molecule has 2 N–H and O–H groups in total. The number of benzene rings is 2. The highest BCUT2D eigenvalue weighted by molar-refractivity contribution is 6.34. The van der Waals surface area contributed by atoms with Crippen molar-refractivity contribution in [1.29, 1.82) is 0 Å². The zero-order chi connectivity index (χ0) is 20.6. The number of halogens is 2. The van der Waals surface area contributed by atoms with E-state index in [4.69, 9.17) is 11.6 Å². The van der Waals surface area contributed by atoms with E-state index < -0.39 is 11.7 Å². The van der Waals surface area contributed by atoms with Crippen LogP contribution in [0.2, 0.25) is 5.02 Å². The van der Waals surface area contributed by atoms with E-state index in [1.165, 1.54) is 12.1 Å². The van der Waals surface area contributed by atoms with Crippen LogP contribution in [0, 0.1) is 18.7 Å². The summed E-state index contributed by atoms with van der Waals surface area (Å²) in [6.45, 7) is 5.61. The van der Waals surface area contributed by atoms with Gasteiger partial charge in [-0.05, 0) is 36.1 Å². The maximum Gasteiger partial charge on any atom is 0.260 e. The number of aryl methyl sites for hydroxylation is 1. The summed E-state index contributed by atoms with van der Waals surface area (Å²) < 4.78 is 14.4. The van der Waals surface area contributed by atoms with Crippen molar-refractivity contribution in [3.8, 4) is 0 Å². The molecule has 0 spiro atoms. The molecule has 2 aromatic carbocycles. The third-order valence-corrected chi connectivity index (χ3v) is 5.40. The lowest BCUT2D eigenvalue weighted by Crippen LogP contribution is -2.41. The van der Waals surface area contributed by atoms with Gasteiger partial charge in [0.15, 0.2) is 0 Å². The Morgan fingerprint density at radius 3 is 2.68 bits per heavy atom. The number of aliphatic hydroxyl groups is 1. The molecule has 1 heterocycles. The van der Waals surface area contributed by atoms with Crippen molar-refractivity contribution in [2.24, 2.45) is 5.92 Å². The Balaban J connectivity index is 1.94. The van der Waals surface area contributed by atoms with Gasteiger partial charge in [-0.3, -0.25) is 9.59 Å². The monoisotopic (exact) mass is 404 g/mol. The summed E-state index contributed by atoms with van der Waals surface area (Å²) >= 11 is 6.02. The van der Waals surface area contributed by atoms with Gasteiger partial charge in [-0.1, -0.05) is 43.6 Å². The molecule has 0 saturated carbocycles. The molecule has 1 aliphatic heterocycles. The zero-order valence-corrected chi connectivity index (χ0v) is 16.7. The summed E-state index contributed by atoms with van der Waals surface area (Å²) in [5.41, 5.74) is 1.46. The van der Waals surface area contributed by atoms with Crippen molar-refractivity contribution < 1.29 is 19.1 Å². The number of hydrogen-bond acceptors (Lipinski definition) is 3. The van der Waals surface area contributed by atoms with Crippen LogP contribution in [0.4, 0.5) is 10.1 Å². The molecular weight excluding hydrogens is 383 g/mol. The molecule has 0 aromatic heterocycles. The molecule has 28 heavy (non-hydrogen) atoms. The average Bonchev–Trinajstić information content (AvgIpc) is 2.96. The van der Waals surface area contributed by atoms with Crippen LogP contribution in [0.3, 0.4) is 0 Å². The van der Waals surface area contributed by atoms with Crippen LogP contribution in [0.5, 0.6) is 0 Å². The number of carbonyl (C=O) groups excluding carboxylic acids is 2. The van der Waals surface area contributed by atoms with E-state index in [2.05, 4.69) is 5.32 Å². The smallest absolute Gasteiger partial charge is 0.260 e. The van der Waals surface area contributed by atoms with Crippen LogP contribution in [0.25, 0.3) is 0 Å². The normalized spacial score (nSPS) is 14.4. The molecule has 0 bridgehead atoms. The second kappa shape index (κ2) is 7.89. The van der Waals surface area contributed by atoms with E-state index in [0.29, 0.717) is 23.4 Å². The van der Waals surface area contributed by atoms with E-state index in [9.17, 15) is 19.1 Å². The van der Waals surface area contributed by atoms with E-state index >= 15 is 0 Å². The first-order chi connectivity index (χ1) is 13.3. The Hall–Kier alpha value is -2.44. The van der Waals surface area contributed by atoms with Crippen molar-refractivity contribution in [2.75, 3.05) is 11.9 Å². The number of anilines is 1. The number of amides is 2. The maximum absolute atomic E-state index is 14.4. The van der Waals surface area contributed by atoms with Crippen LogP contribution >= 0.6 is 11.6 Å². The highest BCUT2D eigenvalue weighted by atomic mass is 35.5. The van der Waals surface area contributed by atoms with Gasteiger partial charge in [0, 0.05) is 6.54 Å². The lowest BCUT2D eigenvalue weighted by molar-refractivity contribution is 0.0533. The van der Waals surface area contributed by atoms with E-state index in [1.54, 1.807) is 30.0 Å². The van der Waals surface area contributed by atoms with Gasteiger partial charge in [-0.2, -0.15) is 0 Å². The van der Waals surface area contributed by atoms with E-state index in [0.717, 1.165) is 5.56 Å². The SMILES string of the molecule is Cc1ccc(Cl)c(C(=O)Nc2cccc3c2C(=O)N(C(CO)C(C)C)C3)c1F. The molecule has 0 saturated heterocycles. The first kappa shape index (κ1) is 20.3. The molecule has 0 fully saturated rings. The Bertz CT molecular complexity index is 945. The highest BCUT2D eigenvalue weighted by Gasteiger charge is 2.36. The first-order valence-electron chi connectivity index (χ1n) is 9.06. The summed E-state index contributed by atoms with van der Waals surface area (Å²) in [7, 11) is 0. The number of nitrogens with one attached hydrogen (secondary N) is 1. The fourth-order valence-electron chi connectivity index (χ4n) is 3.47. The van der Waals surface area contributed by atoms with Gasteiger partial charge in [0.1, 0.15) is 5.82 Å². The van der Waals surface area contributed by atoms with Gasteiger partial charge in [0.05, 0.1) is 34.5 Å². The summed E-state index contributed by atoms with van der Waals surface area (Å²) in [5.74, 6) is -1.60. The minimum Gasteiger partial charge on any atom is -0.394 e. The predicted molar refractivity (Wildman–Crippen MR) is 106 cm³/mol. The quantitative estimate of drug-likeness (QED) is 0.791. The molecule has 1 unspecified atom stereocenters. The first-order valence-corrected chi connectivity index (χ1v) is 9.43. The summed E-state index contributed by atoms with van der Waals surface area (Å²) in [5, 5.41) is 12.3. The standard InChI is InChI=1S/C21H22ClFN2O3/c1-11(2)16(10-26)25-9-13-5-4-6-15(17(13)21(25)28)24-20(27)18-14(22)8-7-12(3)19(18)23/h4-8,11,16,26H,9-10H2,1-3H3,(H,24,27). The van der Waals surface area contributed by atoms with Crippen LogP contribution in [-0.4, -0.2) is 34.5 Å². The molecule has 148 valence electrons. The fourth-order valence-corrected chi connectivity index (χ4v) is 3.71. The minimum atomic E-state index is -0.714. The van der Waals surface area contributed by atoms with Gasteiger partial charge in [0.25, 0.3) is 11.8 Å². The molecule has 1 aliphatic rings. The van der Waals surface area contributed by atoms with Crippen LogP contribution < -0.4 is 5.32 Å². The predicted octanol–water partition coefficient (Wildman–Crippen LogP) is 4.01. The molecule has 5 nitrogen and oxygen atoms in total. The van der Waals surface area contributed by atoms with Crippen molar-refractivity contribution in [1.82, 2.24) is 4.90 Å². The number of fused-ring (bicyclic) bond motifs is 1. The topological polar surface area (TPSA) is 69.6 Å². The van der Waals surface area contributed by atoms with Gasteiger partial charge in [-0.15, -0.1) is 0 Å². The summed E-state index contributed by atoms with van der Waals surface area (Å²) in [6.07, 6.45) is 0. The summed E-state index contributed by atoms with van der Waals surface area (Å²) in [4.78, 5) is 27.3. The third kappa shape index (κ3) is 3.50. The van der Waals surface area contributed by atoms with Gasteiger partial charge < -0.3 is 15.3 Å². The Kier molecular flexibility index (Phi) is 5.72. The van der Waals surface area contributed by atoms with Gasteiger partial charge in [0.2, 0.25) is 0 Å². The number of carbonyl (C=O) groups is 2. The molecular formula is C21H22ClFN2O3. The molecule has 0 radical (unpaired) electrons. The molecule has 2 amide bonds. The fraction of sp³-hybridized carbons (Fsp3) is 0.333. The van der Waals surface area contributed by atoms with Crippen molar-refractivity contribution in [3.05, 3.63) is 63.4 Å². The van der Waals surface area contributed by atoms with Gasteiger partial charge >= 0.3 is 0 Å². The number of aliphatic hydroxyl groups excluding tert-OH is 1. The highest BCUT2D eigenvalue weighted by Crippen LogP contribution is 2.33. The number of hydrogen-bond donors (Lipinski definition) is 2. The molecule has 0 aliphatic carbocycles. The Labute approximate surface area is 168 Å². The maximum atomic E-state index is 14.4. The Morgan fingerprint density at radius 1 is 1.32 bits per heavy atom.